The maximum atomic E-state index is 12.1. The van der Waals surface area contributed by atoms with Crippen molar-refractivity contribution >= 4 is 17.3 Å². The van der Waals surface area contributed by atoms with Gasteiger partial charge in [0.05, 0.1) is 0 Å². The van der Waals surface area contributed by atoms with Crippen molar-refractivity contribution in [3.05, 3.63) is 47.5 Å². The number of amides is 1. The highest BCUT2D eigenvalue weighted by atomic mass is 16.1. The molecule has 1 aromatic heterocycles. The Hall–Kier alpha value is -2.43. The second kappa shape index (κ2) is 5.69. The number of hydrogen-bond acceptors (Lipinski definition) is 4. The lowest BCUT2D eigenvalue weighted by atomic mass is 10.2. The van der Waals surface area contributed by atoms with Crippen LogP contribution in [0.3, 0.4) is 0 Å². The zero-order valence-corrected chi connectivity index (χ0v) is 12.1. The van der Waals surface area contributed by atoms with E-state index in [0.29, 0.717) is 11.5 Å². The maximum Gasteiger partial charge on any atom is 0.274 e. The molecule has 1 heterocycles. The van der Waals surface area contributed by atoms with Crippen LogP contribution in [0.25, 0.3) is 0 Å². The van der Waals surface area contributed by atoms with Crippen LogP contribution in [0.4, 0.5) is 11.4 Å². The highest BCUT2D eigenvalue weighted by molar-refractivity contribution is 6.02. The van der Waals surface area contributed by atoms with Gasteiger partial charge in [0.1, 0.15) is 11.5 Å². The number of nitrogens with one attached hydrogen (secondary N) is 1. The van der Waals surface area contributed by atoms with Crippen molar-refractivity contribution in [2.75, 3.05) is 24.3 Å². The van der Waals surface area contributed by atoms with Crippen molar-refractivity contribution in [2.24, 2.45) is 0 Å². The summed E-state index contributed by atoms with van der Waals surface area (Å²) in [5.41, 5.74) is 2.99. The molecular weight excluding hydrogens is 252 g/mol. The number of rotatable bonds is 3. The Balaban J connectivity index is 2.14. The van der Waals surface area contributed by atoms with Crippen LogP contribution < -0.4 is 10.2 Å². The first-order valence-electron chi connectivity index (χ1n) is 6.37. The van der Waals surface area contributed by atoms with Crippen molar-refractivity contribution in [3.8, 4) is 0 Å². The lowest BCUT2D eigenvalue weighted by Gasteiger charge is -2.13. The summed E-state index contributed by atoms with van der Waals surface area (Å²) in [6, 6.07) is 9.32. The first-order valence-corrected chi connectivity index (χ1v) is 6.37. The van der Waals surface area contributed by atoms with Crippen LogP contribution in [0.15, 0.2) is 30.3 Å². The molecule has 104 valence electrons. The summed E-state index contributed by atoms with van der Waals surface area (Å²) in [5.74, 6) is 0.370. The van der Waals surface area contributed by atoms with Gasteiger partial charge in [-0.15, -0.1) is 0 Å². The lowest BCUT2D eigenvalue weighted by Crippen LogP contribution is -2.15. The van der Waals surface area contributed by atoms with Crippen LogP contribution in [0, 0.1) is 13.8 Å². The standard InChI is InChI=1S/C15H18N4O/c1-10-9-14(17-11(2)16-10)15(20)18-12-5-7-13(8-6-12)19(3)4/h5-9H,1-4H3,(H,18,20). The van der Waals surface area contributed by atoms with Gasteiger partial charge in [-0.3, -0.25) is 4.79 Å². The fourth-order valence-electron chi connectivity index (χ4n) is 1.87. The Morgan fingerprint density at radius 1 is 1.10 bits per heavy atom. The van der Waals surface area contributed by atoms with E-state index in [1.807, 2.05) is 50.2 Å². The van der Waals surface area contributed by atoms with E-state index in [2.05, 4.69) is 15.3 Å². The van der Waals surface area contributed by atoms with Crippen molar-refractivity contribution < 1.29 is 4.79 Å². The van der Waals surface area contributed by atoms with Crippen LogP contribution in [-0.4, -0.2) is 30.0 Å². The fourth-order valence-corrected chi connectivity index (χ4v) is 1.87. The van der Waals surface area contributed by atoms with Crippen LogP contribution >= 0.6 is 0 Å². The molecule has 5 nitrogen and oxygen atoms in total. The van der Waals surface area contributed by atoms with Gasteiger partial charge in [-0.25, -0.2) is 9.97 Å². The van der Waals surface area contributed by atoms with Gasteiger partial charge in [0.25, 0.3) is 5.91 Å². The maximum absolute atomic E-state index is 12.1. The Bertz CT molecular complexity index is 600. The van der Waals surface area contributed by atoms with Gasteiger partial charge in [0.15, 0.2) is 0 Å². The third-order valence-corrected chi connectivity index (χ3v) is 2.84. The summed E-state index contributed by atoms with van der Waals surface area (Å²) in [5, 5.41) is 2.83. The molecule has 0 atom stereocenters. The normalized spacial score (nSPS) is 10.2. The van der Waals surface area contributed by atoms with E-state index in [9.17, 15) is 4.79 Å². The zero-order chi connectivity index (χ0) is 14.7. The molecule has 0 unspecified atom stereocenters. The molecule has 0 radical (unpaired) electrons. The predicted molar refractivity (Wildman–Crippen MR) is 80.2 cm³/mol. The zero-order valence-electron chi connectivity index (χ0n) is 12.1. The van der Waals surface area contributed by atoms with Crippen LogP contribution in [0.1, 0.15) is 22.0 Å². The minimum atomic E-state index is -0.226. The largest absolute Gasteiger partial charge is 0.378 e. The van der Waals surface area contributed by atoms with Gasteiger partial charge in [-0.05, 0) is 44.2 Å². The monoisotopic (exact) mass is 270 g/mol. The molecule has 1 amide bonds. The summed E-state index contributed by atoms with van der Waals surface area (Å²) in [7, 11) is 3.94. The molecule has 0 spiro atoms. The topological polar surface area (TPSA) is 58.1 Å². The van der Waals surface area contributed by atoms with Crippen molar-refractivity contribution in [2.45, 2.75) is 13.8 Å². The third kappa shape index (κ3) is 3.32. The van der Waals surface area contributed by atoms with Crippen LogP contribution in [0.5, 0.6) is 0 Å². The molecule has 2 aromatic rings. The molecule has 0 saturated heterocycles. The number of hydrogen-bond donors (Lipinski definition) is 1. The SMILES string of the molecule is Cc1cc(C(=O)Nc2ccc(N(C)C)cc2)nc(C)n1. The molecule has 5 heteroatoms. The van der Waals surface area contributed by atoms with Crippen LogP contribution in [0.2, 0.25) is 0 Å². The third-order valence-electron chi connectivity index (χ3n) is 2.84. The summed E-state index contributed by atoms with van der Waals surface area (Å²) in [6.07, 6.45) is 0. The van der Waals surface area contributed by atoms with Gasteiger partial charge >= 0.3 is 0 Å². The predicted octanol–water partition coefficient (Wildman–Crippen LogP) is 2.41. The summed E-state index contributed by atoms with van der Waals surface area (Å²) in [4.78, 5) is 22.4. The number of aryl methyl sites for hydroxylation is 2. The van der Waals surface area contributed by atoms with Crippen molar-refractivity contribution in [1.29, 1.82) is 0 Å². The first-order chi connectivity index (χ1) is 9.45. The fraction of sp³-hybridized carbons (Fsp3) is 0.267. The molecule has 20 heavy (non-hydrogen) atoms. The second-order valence-electron chi connectivity index (χ2n) is 4.84. The Labute approximate surface area is 118 Å². The highest BCUT2D eigenvalue weighted by Crippen LogP contribution is 2.16. The number of aromatic nitrogens is 2. The molecule has 0 saturated carbocycles. The molecule has 0 bridgehead atoms. The van der Waals surface area contributed by atoms with Gasteiger partial charge in [-0.2, -0.15) is 0 Å². The molecule has 2 rings (SSSR count). The molecule has 0 fully saturated rings. The average molecular weight is 270 g/mol. The Kier molecular flexibility index (Phi) is 3.98. The minimum absolute atomic E-state index is 0.226. The average Bonchev–Trinajstić information content (AvgIpc) is 2.38. The van der Waals surface area contributed by atoms with E-state index < -0.39 is 0 Å². The molecule has 0 aliphatic rings. The molecule has 1 N–H and O–H groups in total. The van der Waals surface area contributed by atoms with E-state index in [1.54, 1.807) is 13.0 Å². The van der Waals surface area contributed by atoms with Gasteiger partial charge in [0, 0.05) is 31.2 Å². The number of nitrogens with zero attached hydrogens (tertiary/aromatic N) is 3. The summed E-state index contributed by atoms with van der Waals surface area (Å²) >= 11 is 0. The molecule has 0 aliphatic carbocycles. The Morgan fingerprint density at radius 2 is 1.75 bits per heavy atom. The Morgan fingerprint density at radius 3 is 2.30 bits per heavy atom. The van der Waals surface area contributed by atoms with E-state index in [4.69, 9.17) is 0 Å². The van der Waals surface area contributed by atoms with Gasteiger partial charge in [0.2, 0.25) is 0 Å². The van der Waals surface area contributed by atoms with Gasteiger partial charge in [-0.1, -0.05) is 0 Å². The molecular formula is C15H18N4O. The summed E-state index contributed by atoms with van der Waals surface area (Å²) in [6.45, 7) is 3.62. The number of carbonyl (C=O) groups excluding carboxylic acids is 1. The van der Waals surface area contributed by atoms with E-state index in [0.717, 1.165) is 17.1 Å². The summed E-state index contributed by atoms with van der Waals surface area (Å²) < 4.78 is 0. The van der Waals surface area contributed by atoms with Gasteiger partial charge < -0.3 is 10.2 Å². The smallest absolute Gasteiger partial charge is 0.274 e. The van der Waals surface area contributed by atoms with E-state index >= 15 is 0 Å². The lowest BCUT2D eigenvalue weighted by molar-refractivity contribution is 0.102. The van der Waals surface area contributed by atoms with Crippen LogP contribution in [-0.2, 0) is 0 Å². The number of anilines is 2. The number of carbonyl (C=O) groups is 1. The molecule has 1 aromatic carbocycles. The first kappa shape index (κ1) is 14.0. The van der Waals surface area contributed by atoms with E-state index in [1.165, 1.54) is 0 Å². The van der Waals surface area contributed by atoms with Crippen molar-refractivity contribution in [3.63, 3.8) is 0 Å². The number of benzene rings is 1. The van der Waals surface area contributed by atoms with Crippen molar-refractivity contribution in [1.82, 2.24) is 9.97 Å². The minimum Gasteiger partial charge on any atom is -0.378 e. The second-order valence-corrected chi connectivity index (χ2v) is 4.84. The van der Waals surface area contributed by atoms with E-state index in [-0.39, 0.29) is 5.91 Å². The highest BCUT2D eigenvalue weighted by Gasteiger charge is 2.09. The molecule has 0 aliphatic heterocycles. The quantitative estimate of drug-likeness (QED) is 0.930.